The summed E-state index contributed by atoms with van der Waals surface area (Å²) in [7, 11) is 3.11. The van der Waals surface area contributed by atoms with Crippen molar-refractivity contribution in [2.45, 2.75) is 5.16 Å². The van der Waals surface area contributed by atoms with E-state index >= 15 is 0 Å². The first-order valence-electron chi connectivity index (χ1n) is 8.54. The number of aromatic amines is 1. The van der Waals surface area contributed by atoms with E-state index in [1.54, 1.807) is 62.8 Å². The molecule has 3 aromatic rings. The van der Waals surface area contributed by atoms with Crippen LogP contribution in [0.5, 0.6) is 11.5 Å². The Hall–Kier alpha value is -3.57. The number of hydrogen-bond acceptors (Lipinski definition) is 7. The van der Waals surface area contributed by atoms with Crippen LogP contribution in [0, 0.1) is 11.3 Å². The number of H-pyrrole nitrogens is 1. The summed E-state index contributed by atoms with van der Waals surface area (Å²) in [6.07, 6.45) is 0. The maximum absolute atomic E-state index is 12.4. The minimum Gasteiger partial charge on any atom is -0.497 e. The number of carbonyl (C=O) groups is 1. The fourth-order valence-electron chi connectivity index (χ4n) is 2.58. The first-order chi connectivity index (χ1) is 14.0. The van der Waals surface area contributed by atoms with Crippen molar-refractivity contribution in [3.63, 3.8) is 0 Å². The Kier molecular flexibility index (Phi) is 6.32. The predicted molar refractivity (Wildman–Crippen MR) is 110 cm³/mol. The van der Waals surface area contributed by atoms with Crippen molar-refractivity contribution in [3.8, 4) is 28.8 Å². The molecule has 8 heteroatoms. The van der Waals surface area contributed by atoms with Crippen LogP contribution in [-0.4, -0.2) is 35.7 Å². The van der Waals surface area contributed by atoms with Gasteiger partial charge in [-0.25, -0.2) is 4.98 Å². The topological polar surface area (TPSA) is 105 Å². The third-order valence-corrected chi connectivity index (χ3v) is 5.00. The molecule has 1 aromatic heterocycles. The van der Waals surface area contributed by atoms with Crippen molar-refractivity contribution in [2.24, 2.45) is 0 Å². The number of hydrogen-bond donors (Lipinski definition) is 1. The highest BCUT2D eigenvalue weighted by atomic mass is 32.2. The molecular weight excluding hydrogens is 390 g/mol. The van der Waals surface area contributed by atoms with Crippen molar-refractivity contribution in [1.29, 1.82) is 5.26 Å². The van der Waals surface area contributed by atoms with Crippen molar-refractivity contribution in [1.82, 2.24) is 9.97 Å². The zero-order valence-electron chi connectivity index (χ0n) is 15.8. The summed E-state index contributed by atoms with van der Waals surface area (Å²) >= 11 is 1.10. The van der Waals surface area contributed by atoms with Gasteiger partial charge in [-0.1, -0.05) is 11.8 Å². The molecule has 2 aromatic carbocycles. The standard InChI is InChI=1S/C21H17N3O4S/c1-27-15-7-3-13(4-8-15)18(25)12-29-21-23-19(17(11-22)20(26)24-21)14-5-9-16(28-2)10-6-14/h3-10H,12H2,1-2H3,(H,23,24,26). The van der Waals surface area contributed by atoms with Gasteiger partial charge in [-0.2, -0.15) is 5.26 Å². The Bertz CT molecular complexity index is 1120. The van der Waals surface area contributed by atoms with Crippen LogP contribution in [0.2, 0.25) is 0 Å². The number of aromatic nitrogens is 2. The van der Waals surface area contributed by atoms with E-state index in [-0.39, 0.29) is 27.9 Å². The van der Waals surface area contributed by atoms with E-state index in [9.17, 15) is 14.9 Å². The number of nitrogens with zero attached hydrogens (tertiary/aromatic N) is 2. The molecule has 0 aliphatic rings. The molecule has 0 atom stereocenters. The number of carbonyl (C=O) groups excluding carboxylic acids is 1. The van der Waals surface area contributed by atoms with Gasteiger partial charge in [-0.3, -0.25) is 9.59 Å². The van der Waals surface area contributed by atoms with E-state index in [4.69, 9.17) is 9.47 Å². The lowest BCUT2D eigenvalue weighted by molar-refractivity contribution is 0.102. The number of ether oxygens (including phenoxy) is 2. The van der Waals surface area contributed by atoms with Crippen LogP contribution in [0.3, 0.4) is 0 Å². The van der Waals surface area contributed by atoms with Crippen molar-refractivity contribution in [3.05, 3.63) is 70.0 Å². The summed E-state index contributed by atoms with van der Waals surface area (Å²) in [6, 6.07) is 15.6. The molecular formula is C21H17N3O4S. The van der Waals surface area contributed by atoms with Gasteiger partial charge in [0, 0.05) is 11.1 Å². The molecule has 0 radical (unpaired) electrons. The number of benzene rings is 2. The molecule has 0 saturated carbocycles. The van der Waals surface area contributed by atoms with Gasteiger partial charge in [0.2, 0.25) is 0 Å². The molecule has 1 N–H and O–H groups in total. The molecule has 146 valence electrons. The summed E-state index contributed by atoms with van der Waals surface area (Å²) in [4.78, 5) is 31.7. The highest BCUT2D eigenvalue weighted by molar-refractivity contribution is 7.99. The summed E-state index contributed by atoms with van der Waals surface area (Å²) in [5.41, 5.74) is 0.772. The van der Waals surface area contributed by atoms with Crippen LogP contribution in [0.4, 0.5) is 0 Å². The quantitative estimate of drug-likeness (QED) is 0.364. The Morgan fingerprint density at radius 2 is 1.66 bits per heavy atom. The Morgan fingerprint density at radius 1 is 1.07 bits per heavy atom. The SMILES string of the molecule is COc1ccc(C(=O)CSc2nc(-c3ccc(OC)cc3)c(C#N)c(=O)[nH]2)cc1. The van der Waals surface area contributed by atoms with Crippen molar-refractivity contribution >= 4 is 17.5 Å². The van der Waals surface area contributed by atoms with E-state index in [0.29, 0.717) is 22.6 Å². The number of ketones is 1. The highest BCUT2D eigenvalue weighted by Gasteiger charge is 2.15. The fraction of sp³-hybridized carbons (Fsp3) is 0.143. The third-order valence-electron chi connectivity index (χ3n) is 4.12. The van der Waals surface area contributed by atoms with E-state index in [0.717, 1.165) is 11.8 Å². The van der Waals surface area contributed by atoms with Crippen LogP contribution in [-0.2, 0) is 0 Å². The largest absolute Gasteiger partial charge is 0.497 e. The molecule has 0 saturated heterocycles. The molecule has 0 unspecified atom stereocenters. The monoisotopic (exact) mass is 407 g/mol. The molecule has 7 nitrogen and oxygen atoms in total. The lowest BCUT2D eigenvalue weighted by Gasteiger charge is -2.07. The smallest absolute Gasteiger partial charge is 0.270 e. The summed E-state index contributed by atoms with van der Waals surface area (Å²) in [6.45, 7) is 0. The molecule has 1 heterocycles. The zero-order valence-corrected chi connectivity index (χ0v) is 16.6. The molecule has 0 spiro atoms. The minimum absolute atomic E-state index is 0.0824. The number of nitriles is 1. The van der Waals surface area contributed by atoms with Crippen LogP contribution in [0.1, 0.15) is 15.9 Å². The fourth-order valence-corrected chi connectivity index (χ4v) is 3.33. The average Bonchev–Trinajstić information content (AvgIpc) is 2.77. The Morgan fingerprint density at radius 3 is 2.21 bits per heavy atom. The van der Waals surface area contributed by atoms with E-state index in [1.165, 1.54) is 0 Å². The van der Waals surface area contributed by atoms with Gasteiger partial charge >= 0.3 is 0 Å². The molecule has 0 amide bonds. The first-order valence-corrected chi connectivity index (χ1v) is 9.53. The molecule has 0 bridgehead atoms. The van der Waals surface area contributed by atoms with E-state index in [1.807, 2.05) is 6.07 Å². The number of methoxy groups -OCH3 is 2. The maximum atomic E-state index is 12.4. The second-order valence-corrected chi connectivity index (χ2v) is 6.84. The summed E-state index contributed by atoms with van der Waals surface area (Å²) < 4.78 is 10.2. The van der Waals surface area contributed by atoms with Crippen molar-refractivity contribution in [2.75, 3.05) is 20.0 Å². The van der Waals surface area contributed by atoms with E-state index < -0.39 is 5.56 Å². The van der Waals surface area contributed by atoms with Crippen molar-refractivity contribution < 1.29 is 14.3 Å². The highest BCUT2D eigenvalue weighted by Crippen LogP contribution is 2.24. The average molecular weight is 407 g/mol. The molecule has 0 fully saturated rings. The van der Waals surface area contributed by atoms with E-state index in [2.05, 4.69) is 9.97 Å². The Labute approximate surface area is 171 Å². The second kappa shape index (κ2) is 9.08. The van der Waals surface area contributed by atoms with Gasteiger partial charge in [-0.05, 0) is 48.5 Å². The van der Waals surface area contributed by atoms with Gasteiger partial charge in [0.15, 0.2) is 10.9 Å². The Balaban J connectivity index is 1.84. The first kappa shape index (κ1) is 20.2. The van der Waals surface area contributed by atoms with Gasteiger partial charge in [0.1, 0.15) is 23.1 Å². The van der Waals surface area contributed by atoms with Crippen LogP contribution in [0.25, 0.3) is 11.3 Å². The lowest BCUT2D eigenvalue weighted by Crippen LogP contribution is -2.15. The van der Waals surface area contributed by atoms with Gasteiger partial charge in [0.05, 0.1) is 25.7 Å². The lowest BCUT2D eigenvalue weighted by atomic mass is 10.1. The second-order valence-electron chi connectivity index (χ2n) is 5.88. The maximum Gasteiger partial charge on any atom is 0.270 e. The molecule has 0 aliphatic heterocycles. The molecule has 0 aliphatic carbocycles. The summed E-state index contributed by atoms with van der Waals surface area (Å²) in [5.74, 6) is 1.28. The van der Waals surface area contributed by atoms with Crippen LogP contribution >= 0.6 is 11.8 Å². The number of Topliss-reactive ketones (excluding diaryl/α,β-unsaturated/α-hetero) is 1. The van der Waals surface area contributed by atoms with Gasteiger partial charge in [0.25, 0.3) is 5.56 Å². The molecule has 29 heavy (non-hydrogen) atoms. The normalized spacial score (nSPS) is 10.2. The predicted octanol–water partition coefficient (Wildman–Crippen LogP) is 3.30. The van der Waals surface area contributed by atoms with Gasteiger partial charge < -0.3 is 14.5 Å². The number of thioether (sulfide) groups is 1. The number of nitrogens with one attached hydrogen (secondary N) is 1. The van der Waals surface area contributed by atoms with Crippen LogP contribution < -0.4 is 15.0 Å². The zero-order chi connectivity index (χ0) is 20.8. The van der Waals surface area contributed by atoms with Crippen LogP contribution in [0.15, 0.2) is 58.5 Å². The summed E-state index contributed by atoms with van der Waals surface area (Å²) in [5, 5.41) is 9.62. The van der Waals surface area contributed by atoms with Gasteiger partial charge in [-0.15, -0.1) is 0 Å². The third kappa shape index (κ3) is 4.65. The molecule has 3 rings (SSSR count). The minimum atomic E-state index is -0.548. The number of rotatable bonds is 7.